The number of nitrogens with one attached hydrogen (secondary N) is 1. The van der Waals surface area contributed by atoms with E-state index < -0.39 is 0 Å². The van der Waals surface area contributed by atoms with Crippen LogP contribution in [-0.4, -0.2) is 19.1 Å². The summed E-state index contributed by atoms with van der Waals surface area (Å²) < 4.78 is 6.51. The van der Waals surface area contributed by atoms with E-state index in [2.05, 4.69) is 21.2 Å². The van der Waals surface area contributed by atoms with Crippen LogP contribution in [-0.2, 0) is 0 Å². The maximum absolute atomic E-state index is 11.7. The van der Waals surface area contributed by atoms with Gasteiger partial charge in [0.2, 0.25) is 0 Å². The number of hydrogen-bond acceptors (Lipinski definition) is 3. The molecule has 0 bridgehead atoms. The Bertz CT molecular complexity index is 568. The van der Waals surface area contributed by atoms with Crippen LogP contribution in [0.3, 0.4) is 0 Å². The van der Waals surface area contributed by atoms with Crippen LogP contribution in [0.1, 0.15) is 15.9 Å². The second kappa shape index (κ2) is 6.73. The molecule has 0 aliphatic carbocycles. The molecule has 0 radical (unpaired) electrons. The van der Waals surface area contributed by atoms with E-state index in [1.807, 2.05) is 36.6 Å². The van der Waals surface area contributed by atoms with Gasteiger partial charge in [0.25, 0.3) is 5.91 Å². The highest BCUT2D eigenvalue weighted by atomic mass is 79.9. The lowest BCUT2D eigenvalue weighted by Crippen LogP contribution is -2.27. The van der Waals surface area contributed by atoms with Gasteiger partial charge in [-0.3, -0.25) is 4.79 Å². The van der Waals surface area contributed by atoms with Crippen molar-refractivity contribution in [2.24, 2.45) is 0 Å². The second-order valence-corrected chi connectivity index (χ2v) is 6.35. The molecule has 0 aliphatic heterocycles. The number of aryl methyl sites for hydroxylation is 1. The number of benzene rings is 1. The van der Waals surface area contributed by atoms with Crippen molar-refractivity contribution in [1.82, 2.24) is 5.32 Å². The molecule has 0 saturated carbocycles. The maximum atomic E-state index is 11.7. The van der Waals surface area contributed by atoms with Crippen molar-refractivity contribution in [3.05, 3.63) is 50.6 Å². The highest BCUT2D eigenvalue weighted by Gasteiger charge is 2.06. The zero-order valence-electron chi connectivity index (χ0n) is 10.5. The average Bonchev–Trinajstić information content (AvgIpc) is 2.81. The summed E-state index contributed by atoms with van der Waals surface area (Å²) in [5, 5.41) is 4.64. The Labute approximate surface area is 124 Å². The molecular weight excluding hydrogens is 326 g/mol. The van der Waals surface area contributed by atoms with E-state index >= 15 is 0 Å². The fourth-order valence-electron chi connectivity index (χ4n) is 1.57. The number of hydrogen-bond donors (Lipinski definition) is 1. The summed E-state index contributed by atoms with van der Waals surface area (Å²) in [5.41, 5.74) is 1.83. The second-order valence-electron chi connectivity index (χ2n) is 4.06. The van der Waals surface area contributed by atoms with Crippen LogP contribution >= 0.6 is 27.3 Å². The molecule has 0 unspecified atom stereocenters. The molecule has 19 heavy (non-hydrogen) atoms. The van der Waals surface area contributed by atoms with Gasteiger partial charge in [-0.15, -0.1) is 11.3 Å². The van der Waals surface area contributed by atoms with E-state index in [0.29, 0.717) is 18.7 Å². The van der Waals surface area contributed by atoms with Crippen molar-refractivity contribution >= 4 is 33.2 Å². The van der Waals surface area contributed by atoms with Crippen LogP contribution in [0.2, 0.25) is 0 Å². The van der Waals surface area contributed by atoms with Crippen molar-refractivity contribution in [2.75, 3.05) is 13.2 Å². The maximum Gasteiger partial charge on any atom is 0.252 e. The summed E-state index contributed by atoms with van der Waals surface area (Å²) in [6, 6.07) is 9.65. The lowest BCUT2D eigenvalue weighted by atomic mass is 10.2. The Morgan fingerprint density at radius 3 is 2.95 bits per heavy atom. The number of halogens is 1. The van der Waals surface area contributed by atoms with Crippen molar-refractivity contribution in [1.29, 1.82) is 0 Å². The molecule has 2 aromatic rings. The first-order valence-electron chi connectivity index (χ1n) is 5.87. The summed E-state index contributed by atoms with van der Waals surface area (Å²) in [5.74, 6) is 0.752. The summed E-state index contributed by atoms with van der Waals surface area (Å²) in [4.78, 5) is 11.7. The van der Waals surface area contributed by atoms with Crippen LogP contribution < -0.4 is 10.1 Å². The van der Waals surface area contributed by atoms with Gasteiger partial charge in [0, 0.05) is 5.38 Å². The molecule has 100 valence electrons. The van der Waals surface area contributed by atoms with Gasteiger partial charge in [-0.25, -0.2) is 0 Å². The molecule has 5 heteroatoms. The van der Waals surface area contributed by atoms with Gasteiger partial charge >= 0.3 is 0 Å². The van der Waals surface area contributed by atoms with Gasteiger partial charge in [0.05, 0.1) is 15.9 Å². The standard InChI is InChI=1S/C14H14BrNO2S/c1-10-3-2-4-12(7-10)18-6-5-16-14(17)11-8-13(15)19-9-11/h2-4,7-9H,5-6H2,1H3,(H,16,17). The molecular formula is C14H14BrNO2S. The zero-order valence-corrected chi connectivity index (χ0v) is 12.9. The molecule has 1 amide bonds. The zero-order chi connectivity index (χ0) is 13.7. The topological polar surface area (TPSA) is 38.3 Å². The molecule has 3 nitrogen and oxygen atoms in total. The Balaban J connectivity index is 1.74. The predicted molar refractivity (Wildman–Crippen MR) is 81.0 cm³/mol. The highest BCUT2D eigenvalue weighted by Crippen LogP contribution is 2.20. The lowest BCUT2D eigenvalue weighted by Gasteiger charge is -2.07. The molecule has 1 aromatic heterocycles. The van der Waals surface area contributed by atoms with Crippen molar-refractivity contribution in [2.45, 2.75) is 6.92 Å². The summed E-state index contributed by atoms with van der Waals surface area (Å²) >= 11 is 4.83. The van der Waals surface area contributed by atoms with Gasteiger partial charge in [-0.1, -0.05) is 12.1 Å². The van der Waals surface area contributed by atoms with E-state index in [1.165, 1.54) is 11.3 Å². The third-order valence-corrected chi connectivity index (χ3v) is 3.98. The Morgan fingerprint density at radius 1 is 1.42 bits per heavy atom. The van der Waals surface area contributed by atoms with E-state index in [4.69, 9.17) is 4.74 Å². The van der Waals surface area contributed by atoms with Crippen LogP contribution in [0.25, 0.3) is 0 Å². The molecule has 2 rings (SSSR count). The number of carbonyl (C=O) groups is 1. The Kier molecular flexibility index (Phi) is 4.99. The molecule has 0 spiro atoms. The average molecular weight is 340 g/mol. The molecule has 0 fully saturated rings. The van der Waals surface area contributed by atoms with E-state index in [9.17, 15) is 4.79 Å². The first kappa shape index (κ1) is 14.1. The van der Waals surface area contributed by atoms with E-state index in [-0.39, 0.29) is 5.91 Å². The van der Waals surface area contributed by atoms with Crippen LogP contribution in [0.5, 0.6) is 5.75 Å². The number of carbonyl (C=O) groups excluding carboxylic acids is 1. The van der Waals surface area contributed by atoms with Crippen molar-refractivity contribution in [3.63, 3.8) is 0 Å². The first-order valence-corrected chi connectivity index (χ1v) is 7.54. The van der Waals surface area contributed by atoms with E-state index in [0.717, 1.165) is 15.1 Å². The van der Waals surface area contributed by atoms with Gasteiger partial charge < -0.3 is 10.1 Å². The molecule has 0 saturated heterocycles. The lowest BCUT2D eigenvalue weighted by molar-refractivity contribution is 0.0947. The Hall–Kier alpha value is -1.33. The van der Waals surface area contributed by atoms with Gasteiger partial charge in [0.15, 0.2) is 0 Å². The van der Waals surface area contributed by atoms with E-state index in [1.54, 1.807) is 6.07 Å². The number of rotatable bonds is 5. The summed E-state index contributed by atoms with van der Waals surface area (Å²) in [6.07, 6.45) is 0. The summed E-state index contributed by atoms with van der Waals surface area (Å²) in [6.45, 7) is 2.96. The third kappa shape index (κ3) is 4.36. The molecule has 1 aromatic carbocycles. The quantitative estimate of drug-likeness (QED) is 0.844. The van der Waals surface area contributed by atoms with Crippen molar-refractivity contribution in [3.8, 4) is 5.75 Å². The minimum Gasteiger partial charge on any atom is -0.492 e. The fraction of sp³-hybridized carbons (Fsp3) is 0.214. The van der Waals surface area contributed by atoms with Gasteiger partial charge in [-0.05, 0) is 46.6 Å². The van der Waals surface area contributed by atoms with Crippen LogP contribution in [0.15, 0.2) is 39.5 Å². The number of amides is 1. The fourth-order valence-corrected chi connectivity index (χ4v) is 2.71. The van der Waals surface area contributed by atoms with Crippen molar-refractivity contribution < 1.29 is 9.53 Å². The van der Waals surface area contributed by atoms with Gasteiger partial charge in [-0.2, -0.15) is 0 Å². The Morgan fingerprint density at radius 2 is 2.26 bits per heavy atom. The van der Waals surface area contributed by atoms with Crippen LogP contribution in [0, 0.1) is 6.92 Å². The minimum atomic E-state index is -0.0743. The largest absolute Gasteiger partial charge is 0.492 e. The minimum absolute atomic E-state index is 0.0743. The smallest absolute Gasteiger partial charge is 0.252 e. The first-order chi connectivity index (χ1) is 9.15. The molecule has 0 aliphatic rings. The summed E-state index contributed by atoms with van der Waals surface area (Å²) in [7, 11) is 0. The highest BCUT2D eigenvalue weighted by molar-refractivity contribution is 9.11. The van der Waals surface area contributed by atoms with Gasteiger partial charge in [0.1, 0.15) is 12.4 Å². The molecule has 0 atom stereocenters. The number of ether oxygens (including phenoxy) is 1. The molecule has 1 N–H and O–H groups in total. The SMILES string of the molecule is Cc1cccc(OCCNC(=O)c2csc(Br)c2)c1. The third-order valence-electron chi connectivity index (χ3n) is 2.48. The van der Waals surface area contributed by atoms with Crippen LogP contribution in [0.4, 0.5) is 0 Å². The predicted octanol–water partition coefficient (Wildman–Crippen LogP) is 3.63. The normalized spacial score (nSPS) is 10.2. The molecule has 1 heterocycles. The number of thiophene rings is 1. The monoisotopic (exact) mass is 339 g/mol.